The monoisotopic (exact) mass is 403 g/mol. The van der Waals surface area contributed by atoms with Gasteiger partial charge in [0.25, 0.3) is 0 Å². The highest BCUT2D eigenvalue weighted by molar-refractivity contribution is 5.85. The molecule has 4 rings (SSSR count). The van der Waals surface area contributed by atoms with E-state index >= 15 is 0 Å². The molecule has 8 nitrogen and oxygen atoms in total. The van der Waals surface area contributed by atoms with Gasteiger partial charge in [0.1, 0.15) is 17.3 Å². The van der Waals surface area contributed by atoms with E-state index in [0.29, 0.717) is 18.1 Å². The molecule has 0 aliphatic rings. The molecule has 2 aromatic carbocycles. The minimum absolute atomic E-state index is 0.409. The predicted molar refractivity (Wildman–Crippen MR) is 113 cm³/mol. The van der Waals surface area contributed by atoms with E-state index in [2.05, 4.69) is 15.5 Å². The van der Waals surface area contributed by atoms with Crippen molar-refractivity contribution in [2.24, 2.45) is 0 Å². The zero-order valence-electron chi connectivity index (χ0n) is 16.6. The largest absolute Gasteiger partial charge is 0.497 e. The number of carbonyl (C=O) groups is 1. The SMILES string of the molecule is COc1ccc(Cn2cc(-c3nn(-c4ccccc4)c(NC(=O)O)c3C)cn2)cc1. The summed E-state index contributed by atoms with van der Waals surface area (Å²) in [5.74, 6) is 1.21. The summed E-state index contributed by atoms with van der Waals surface area (Å²) in [6, 6.07) is 17.2. The Hall–Kier alpha value is -4.07. The molecule has 0 saturated carbocycles. The molecule has 2 N–H and O–H groups in total. The van der Waals surface area contributed by atoms with Gasteiger partial charge in [-0.15, -0.1) is 0 Å². The van der Waals surface area contributed by atoms with E-state index in [9.17, 15) is 9.90 Å². The van der Waals surface area contributed by atoms with Gasteiger partial charge in [-0.3, -0.25) is 10.00 Å². The van der Waals surface area contributed by atoms with Crippen LogP contribution in [0, 0.1) is 6.92 Å². The van der Waals surface area contributed by atoms with Gasteiger partial charge in [-0.2, -0.15) is 10.2 Å². The zero-order valence-corrected chi connectivity index (χ0v) is 16.6. The third-order valence-corrected chi connectivity index (χ3v) is 4.76. The lowest BCUT2D eigenvalue weighted by Crippen LogP contribution is -2.12. The molecule has 1 amide bonds. The minimum Gasteiger partial charge on any atom is -0.497 e. The zero-order chi connectivity index (χ0) is 21.1. The number of hydrogen-bond acceptors (Lipinski definition) is 4. The maximum absolute atomic E-state index is 11.3. The topological polar surface area (TPSA) is 94.2 Å². The van der Waals surface area contributed by atoms with Crippen molar-refractivity contribution in [3.63, 3.8) is 0 Å². The third kappa shape index (κ3) is 3.88. The maximum atomic E-state index is 11.3. The van der Waals surface area contributed by atoms with Gasteiger partial charge < -0.3 is 9.84 Å². The lowest BCUT2D eigenvalue weighted by Gasteiger charge is -2.07. The summed E-state index contributed by atoms with van der Waals surface area (Å²) in [4.78, 5) is 11.3. The van der Waals surface area contributed by atoms with Gasteiger partial charge in [0.05, 0.1) is 25.5 Å². The van der Waals surface area contributed by atoms with Crippen LogP contribution in [0.4, 0.5) is 10.6 Å². The Morgan fingerprint density at radius 3 is 2.53 bits per heavy atom. The van der Waals surface area contributed by atoms with Crippen molar-refractivity contribution in [1.82, 2.24) is 19.6 Å². The van der Waals surface area contributed by atoms with Crippen molar-refractivity contribution in [2.45, 2.75) is 13.5 Å². The summed E-state index contributed by atoms with van der Waals surface area (Å²) in [5, 5.41) is 20.8. The average molecular weight is 403 g/mol. The molecule has 0 radical (unpaired) electrons. The Morgan fingerprint density at radius 1 is 1.13 bits per heavy atom. The second-order valence-corrected chi connectivity index (χ2v) is 6.77. The molecule has 2 aromatic heterocycles. The lowest BCUT2D eigenvalue weighted by molar-refractivity contribution is 0.209. The van der Waals surface area contributed by atoms with Crippen molar-refractivity contribution < 1.29 is 14.6 Å². The first kappa shape index (κ1) is 19.3. The van der Waals surface area contributed by atoms with Crippen molar-refractivity contribution in [1.29, 1.82) is 0 Å². The summed E-state index contributed by atoms with van der Waals surface area (Å²) in [6.07, 6.45) is 2.50. The molecule has 0 bridgehead atoms. The summed E-state index contributed by atoms with van der Waals surface area (Å²) in [7, 11) is 1.64. The van der Waals surface area contributed by atoms with Crippen LogP contribution in [0.1, 0.15) is 11.1 Å². The Bertz CT molecular complexity index is 1160. The fourth-order valence-electron chi connectivity index (χ4n) is 3.26. The van der Waals surface area contributed by atoms with E-state index in [-0.39, 0.29) is 0 Å². The number of carboxylic acid groups (broad SMARTS) is 1. The summed E-state index contributed by atoms with van der Waals surface area (Å²) < 4.78 is 8.61. The molecule has 0 unspecified atom stereocenters. The molecule has 0 aliphatic heterocycles. The number of benzene rings is 2. The molecule has 8 heteroatoms. The standard InChI is InChI=1S/C22H21N5O3/c1-15-20(25-27(21(15)24-22(28)29)18-6-4-3-5-7-18)17-12-23-26(14-17)13-16-8-10-19(30-2)11-9-16/h3-12,14,24H,13H2,1-2H3,(H,28,29). The molecule has 30 heavy (non-hydrogen) atoms. The van der Waals surface area contributed by atoms with Crippen LogP contribution in [0.15, 0.2) is 67.0 Å². The highest BCUT2D eigenvalue weighted by Crippen LogP contribution is 2.30. The number of hydrogen-bond donors (Lipinski definition) is 2. The van der Waals surface area contributed by atoms with E-state index < -0.39 is 6.09 Å². The third-order valence-electron chi connectivity index (χ3n) is 4.76. The van der Waals surface area contributed by atoms with Crippen LogP contribution >= 0.6 is 0 Å². The maximum Gasteiger partial charge on any atom is 0.410 e. The molecule has 0 spiro atoms. The van der Waals surface area contributed by atoms with Crippen molar-refractivity contribution in [2.75, 3.05) is 12.4 Å². The predicted octanol–water partition coefficient (Wildman–Crippen LogP) is 4.19. The van der Waals surface area contributed by atoms with E-state index in [1.165, 1.54) is 0 Å². The van der Waals surface area contributed by atoms with Crippen molar-refractivity contribution >= 4 is 11.9 Å². The Balaban J connectivity index is 1.67. The van der Waals surface area contributed by atoms with Crippen molar-refractivity contribution in [3.05, 3.63) is 78.1 Å². The second kappa shape index (κ2) is 8.12. The molecule has 0 fully saturated rings. The molecule has 152 valence electrons. The normalized spacial score (nSPS) is 10.7. The van der Waals surface area contributed by atoms with Gasteiger partial charge in [-0.1, -0.05) is 30.3 Å². The van der Waals surface area contributed by atoms with Gasteiger partial charge in [0.2, 0.25) is 0 Å². The van der Waals surface area contributed by atoms with Gasteiger partial charge in [0.15, 0.2) is 0 Å². The summed E-state index contributed by atoms with van der Waals surface area (Å²) >= 11 is 0. The fourth-order valence-corrected chi connectivity index (χ4v) is 3.26. The molecule has 0 atom stereocenters. The number of para-hydroxylation sites is 1. The number of anilines is 1. The molecule has 2 heterocycles. The fraction of sp³-hybridized carbons (Fsp3) is 0.136. The Kier molecular flexibility index (Phi) is 5.21. The van der Waals surface area contributed by atoms with E-state index in [0.717, 1.165) is 28.1 Å². The second-order valence-electron chi connectivity index (χ2n) is 6.77. The summed E-state index contributed by atoms with van der Waals surface area (Å²) in [6.45, 7) is 2.44. The van der Waals surface area contributed by atoms with Crippen LogP contribution in [0.5, 0.6) is 5.75 Å². The number of rotatable bonds is 6. The quantitative estimate of drug-likeness (QED) is 0.503. The van der Waals surface area contributed by atoms with Crippen LogP contribution in [0.25, 0.3) is 16.9 Å². The molecule has 0 saturated heterocycles. The van der Waals surface area contributed by atoms with Gasteiger partial charge in [-0.25, -0.2) is 9.48 Å². The number of ether oxygens (including phenoxy) is 1. The van der Waals surface area contributed by atoms with Crippen LogP contribution in [0.2, 0.25) is 0 Å². The minimum atomic E-state index is -1.14. The number of nitrogens with zero attached hydrogens (tertiary/aromatic N) is 4. The number of nitrogens with one attached hydrogen (secondary N) is 1. The van der Waals surface area contributed by atoms with Crippen LogP contribution in [-0.4, -0.2) is 37.9 Å². The van der Waals surface area contributed by atoms with Gasteiger partial charge >= 0.3 is 6.09 Å². The summed E-state index contributed by atoms with van der Waals surface area (Å²) in [5.41, 5.74) is 4.06. The highest BCUT2D eigenvalue weighted by atomic mass is 16.5. The number of methoxy groups -OCH3 is 1. The van der Waals surface area contributed by atoms with Gasteiger partial charge in [0, 0.05) is 17.3 Å². The van der Waals surface area contributed by atoms with Crippen LogP contribution in [-0.2, 0) is 6.54 Å². The first-order chi connectivity index (χ1) is 14.5. The smallest absolute Gasteiger partial charge is 0.410 e. The lowest BCUT2D eigenvalue weighted by atomic mass is 10.1. The number of amides is 1. The highest BCUT2D eigenvalue weighted by Gasteiger charge is 2.19. The van der Waals surface area contributed by atoms with Crippen LogP contribution in [0.3, 0.4) is 0 Å². The first-order valence-corrected chi connectivity index (χ1v) is 9.36. The van der Waals surface area contributed by atoms with Crippen molar-refractivity contribution in [3.8, 4) is 22.7 Å². The molecular weight excluding hydrogens is 382 g/mol. The Morgan fingerprint density at radius 2 is 1.87 bits per heavy atom. The average Bonchev–Trinajstić information content (AvgIpc) is 3.34. The molecule has 4 aromatic rings. The van der Waals surface area contributed by atoms with E-state index in [1.807, 2.05) is 72.4 Å². The molecular formula is C22H21N5O3. The van der Waals surface area contributed by atoms with E-state index in [4.69, 9.17) is 4.74 Å². The number of aromatic nitrogens is 4. The first-order valence-electron chi connectivity index (χ1n) is 9.36. The van der Waals surface area contributed by atoms with Crippen LogP contribution < -0.4 is 10.1 Å². The van der Waals surface area contributed by atoms with E-state index in [1.54, 1.807) is 18.0 Å². The van der Waals surface area contributed by atoms with Gasteiger partial charge in [-0.05, 0) is 36.8 Å². The molecule has 0 aliphatic carbocycles. The Labute approximate surface area is 173 Å².